The molecule has 2 unspecified atom stereocenters. The number of carboxylic acids is 1. The lowest BCUT2D eigenvalue weighted by atomic mass is 10.1. The lowest BCUT2D eigenvalue weighted by Crippen LogP contribution is -2.30. The van der Waals surface area contributed by atoms with Crippen molar-refractivity contribution in [2.24, 2.45) is 5.92 Å². The number of hydrogen-bond acceptors (Lipinski definition) is 3. The molecule has 4 heteroatoms. The van der Waals surface area contributed by atoms with Crippen LogP contribution in [0.5, 0.6) is 0 Å². The fourth-order valence-corrected chi connectivity index (χ4v) is 1.87. The van der Waals surface area contributed by atoms with E-state index in [1.807, 2.05) is 7.05 Å². The Morgan fingerprint density at radius 1 is 1.67 bits per heavy atom. The summed E-state index contributed by atoms with van der Waals surface area (Å²) < 4.78 is 5.51. The van der Waals surface area contributed by atoms with Crippen molar-refractivity contribution in [3.63, 3.8) is 0 Å². The van der Waals surface area contributed by atoms with E-state index in [4.69, 9.17) is 9.84 Å². The molecule has 1 rings (SSSR count). The molecule has 0 bridgehead atoms. The van der Waals surface area contributed by atoms with Gasteiger partial charge >= 0.3 is 5.97 Å². The Morgan fingerprint density at radius 2 is 2.40 bits per heavy atom. The van der Waals surface area contributed by atoms with Crippen molar-refractivity contribution in [3.05, 3.63) is 0 Å². The summed E-state index contributed by atoms with van der Waals surface area (Å²) in [4.78, 5) is 12.7. The van der Waals surface area contributed by atoms with Gasteiger partial charge in [-0.3, -0.25) is 4.79 Å². The van der Waals surface area contributed by atoms with Crippen LogP contribution in [0, 0.1) is 5.92 Å². The number of nitrogens with zero attached hydrogens (tertiary/aromatic N) is 1. The zero-order valence-electron chi connectivity index (χ0n) is 9.61. The zero-order chi connectivity index (χ0) is 11.3. The largest absolute Gasteiger partial charge is 0.481 e. The van der Waals surface area contributed by atoms with E-state index in [2.05, 4.69) is 4.90 Å². The molecule has 0 aromatic heterocycles. The van der Waals surface area contributed by atoms with E-state index >= 15 is 0 Å². The van der Waals surface area contributed by atoms with Crippen molar-refractivity contribution in [2.45, 2.75) is 32.3 Å². The van der Waals surface area contributed by atoms with Gasteiger partial charge in [0.2, 0.25) is 0 Å². The van der Waals surface area contributed by atoms with Crippen molar-refractivity contribution in [2.75, 3.05) is 26.7 Å². The SMILES string of the molecule is CC(CN(C)CCC1CCCO1)C(=O)O. The van der Waals surface area contributed by atoms with Crippen LogP contribution in [0.15, 0.2) is 0 Å². The fraction of sp³-hybridized carbons (Fsp3) is 0.909. The highest BCUT2D eigenvalue weighted by Crippen LogP contribution is 2.15. The fourth-order valence-electron chi connectivity index (χ4n) is 1.87. The van der Waals surface area contributed by atoms with Gasteiger partial charge in [0.25, 0.3) is 0 Å². The number of ether oxygens (including phenoxy) is 1. The molecule has 0 aliphatic carbocycles. The Kier molecular flexibility index (Phi) is 5.05. The summed E-state index contributed by atoms with van der Waals surface area (Å²) in [6, 6.07) is 0. The second kappa shape index (κ2) is 6.08. The Hall–Kier alpha value is -0.610. The lowest BCUT2D eigenvalue weighted by molar-refractivity contribution is -0.141. The molecule has 0 saturated carbocycles. The second-order valence-corrected chi connectivity index (χ2v) is 4.43. The molecule has 0 amide bonds. The molecule has 0 aromatic rings. The summed E-state index contributed by atoms with van der Waals surface area (Å²) in [6.07, 6.45) is 3.73. The van der Waals surface area contributed by atoms with E-state index in [0.717, 1.165) is 26.0 Å². The molecule has 0 aromatic carbocycles. The van der Waals surface area contributed by atoms with Crippen LogP contribution in [-0.4, -0.2) is 48.8 Å². The third-order valence-electron chi connectivity index (χ3n) is 2.86. The number of carbonyl (C=O) groups is 1. The number of hydrogen-bond donors (Lipinski definition) is 1. The van der Waals surface area contributed by atoms with Crippen LogP contribution in [0.3, 0.4) is 0 Å². The Bertz CT molecular complexity index is 202. The van der Waals surface area contributed by atoms with Gasteiger partial charge in [-0.2, -0.15) is 0 Å². The molecule has 1 N–H and O–H groups in total. The minimum Gasteiger partial charge on any atom is -0.481 e. The first-order valence-electron chi connectivity index (χ1n) is 5.62. The summed E-state index contributed by atoms with van der Waals surface area (Å²) in [5.41, 5.74) is 0. The normalized spacial score (nSPS) is 23.3. The zero-order valence-corrected chi connectivity index (χ0v) is 9.61. The van der Waals surface area contributed by atoms with Crippen LogP contribution in [0.25, 0.3) is 0 Å². The smallest absolute Gasteiger partial charge is 0.307 e. The van der Waals surface area contributed by atoms with Gasteiger partial charge in [0.1, 0.15) is 0 Å². The van der Waals surface area contributed by atoms with Crippen LogP contribution in [0.1, 0.15) is 26.2 Å². The maximum Gasteiger partial charge on any atom is 0.307 e. The van der Waals surface area contributed by atoms with E-state index < -0.39 is 5.97 Å². The average molecular weight is 215 g/mol. The number of carboxylic acid groups (broad SMARTS) is 1. The quantitative estimate of drug-likeness (QED) is 0.723. The Morgan fingerprint density at radius 3 is 2.93 bits per heavy atom. The van der Waals surface area contributed by atoms with Crippen molar-refractivity contribution >= 4 is 5.97 Å². The van der Waals surface area contributed by atoms with Gasteiger partial charge < -0.3 is 14.7 Å². The summed E-state index contributed by atoms with van der Waals surface area (Å²) in [5.74, 6) is -1.02. The predicted octanol–water partition coefficient (Wildman–Crippen LogP) is 1.21. The molecule has 1 saturated heterocycles. The van der Waals surface area contributed by atoms with E-state index in [-0.39, 0.29) is 5.92 Å². The third kappa shape index (κ3) is 4.62. The van der Waals surface area contributed by atoms with Crippen molar-refractivity contribution < 1.29 is 14.6 Å². The predicted molar refractivity (Wildman–Crippen MR) is 57.9 cm³/mol. The molecule has 2 atom stereocenters. The van der Waals surface area contributed by atoms with Crippen LogP contribution < -0.4 is 0 Å². The summed E-state index contributed by atoms with van der Waals surface area (Å²) in [5, 5.41) is 8.76. The molecule has 0 radical (unpaired) electrons. The van der Waals surface area contributed by atoms with Gasteiger partial charge in [-0.15, -0.1) is 0 Å². The maximum atomic E-state index is 10.6. The Balaban J connectivity index is 2.12. The standard InChI is InChI=1S/C11H21NO3/c1-9(11(13)14)8-12(2)6-5-10-4-3-7-15-10/h9-10H,3-8H2,1-2H3,(H,13,14). The first-order chi connectivity index (χ1) is 7.09. The molecule has 0 spiro atoms. The van der Waals surface area contributed by atoms with E-state index in [0.29, 0.717) is 12.6 Å². The van der Waals surface area contributed by atoms with E-state index in [9.17, 15) is 4.79 Å². The molecule has 88 valence electrons. The van der Waals surface area contributed by atoms with E-state index in [1.165, 1.54) is 6.42 Å². The molecular formula is C11H21NO3. The molecule has 4 nitrogen and oxygen atoms in total. The summed E-state index contributed by atoms with van der Waals surface area (Å²) in [7, 11) is 1.97. The van der Waals surface area contributed by atoms with Crippen LogP contribution in [0.2, 0.25) is 0 Å². The van der Waals surface area contributed by atoms with Crippen LogP contribution >= 0.6 is 0 Å². The van der Waals surface area contributed by atoms with Crippen molar-refractivity contribution in [3.8, 4) is 0 Å². The van der Waals surface area contributed by atoms with Crippen molar-refractivity contribution in [1.82, 2.24) is 4.90 Å². The minimum absolute atomic E-state index is 0.292. The Labute approximate surface area is 91.2 Å². The summed E-state index contributed by atoms with van der Waals surface area (Å²) in [6.45, 7) is 4.16. The molecular weight excluding hydrogens is 194 g/mol. The topological polar surface area (TPSA) is 49.8 Å². The van der Waals surface area contributed by atoms with E-state index in [1.54, 1.807) is 6.92 Å². The molecule has 1 aliphatic rings. The molecule has 1 heterocycles. The van der Waals surface area contributed by atoms with Crippen LogP contribution in [-0.2, 0) is 9.53 Å². The van der Waals surface area contributed by atoms with Crippen LogP contribution in [0.4, 0.5) is 0 Å². The first-order valence-corrected chi connectivity index (χ1v) is 5.62. The number of aliphatic carboxylic acids is 1. The highest BCUT2D eigenvalue weighted by atomic mass is 16.5. The lowest BCUT2D eigenvalue weighted by Gasteiger charge is -2.20. The first kappa shape index (κ1) is 12.5. The van der Waals surface area contributed by atoms with Gasteiger partial charge in [-0.25, -0.2) is 0 Å². The summed E-state index contributed by atoms with van der Waals surface area (Å²) >= 11 is 0. The monoisotopic (exact) mass is 215 g/mol. The average Bonchev–Trinajstić information content (AvgIpc) is 2.66. The van der Waals surface area contributed by atoms with Gasteiger partial charge in [0.15, 0.2) is 0 Å². The minimum atomic E-state index is -0.723. The maximum absolute atomic E-state index is 10.6. The van der Waals surface area contributed by atoms with Gasteiger partial charge in [0.05, 0.1) is 12.0 Å². The molecule has 1 aliphatic heterocycles. The van der Waals surface area contributed by atoms with Gasteiger partial charge in [-0.05, 0) is 26.3 Å². The second-order valence-electron chi connectivity index (χ2n) is 4.43. The van der Waals surface area contributed by atoms with Crippen molar-refractivity contribution in [1.29, 1.82) is 0 Å². The molecule has 15 heavy (non-hydrogen) atoms. The van der Waals surface area contributed by atoms with Gasteiger partial charge in [0, 0.05) is 19.7 Å². The molecule has 1 fully saturated rings. The van der Waals surface area contributed by atoms with Gasteiger partial charge in [-0.1, -0.05) is 6.92 Å². The highest BCUT2D eigenvalue weighted by molar-refractivity contribution is 5.69. The third-order valence-corrected chi connectivity index (χ3v) is 2.86. The highest BCUT2D eigenvalue weighted by Gasteiger charge is 2.17. The number of rotatable bonds is 6.